The van der Waals surface area contributed by atoms with Crippen LogP contribution in [0.2, 0.25) is 0 Å². The van der Waals surface area contributed by atoms with E-state index in [0.29, 0.717) is 5.56 Å². The molecule has 0 heterocycles. The van der Waals surface area contributed by atoms with Crippen LogP contribution in [-0.2, 0) is 4.79 Å². The van der Waals surface area contributed by atoms with Crippen molar-refractivity contribution >= 4 is 29.8 Å². The summed E-state index contributed by atoms with van der Waals surface area (Å²) in [5.41, 5.74) is 6.07. The van der Waals surface area contributed by atoms with Gasteiger partial charge in [-0.1, -0.05) is 86.7 Å². The molecule has 0 aliphatic heterocycles. The van der Waals surface area contributed by atoms with Crippen molar-refractivity contribution in [2.75, 3.05) is 18.0 Å². The van der Waals surface area contributed by atoms with Crippen LogP contribution in [0.3, 0.4) is 0 Å². The summed E-state index contributed by atoms with van der Waals surface area (Å²) in [7, 11) is 0. The van der Waals surface area contributed by atoms with E-state index < -0.39 is 5.91 Å². The molecule has 0 bridgehead atoms. The molecule has 0 spiro atoms. The first-order chi connectivity index (χ1) is 18.1. The van der Waals surface area contributed by atoms with E-state index in [2.05, 4.69) is 46.7 Å². The molecular formula is C31H34N4O2. The summed E-state index contributed by atoms with van der Waals surface area (Å²) in [4.78, 5) is 27.9. The Morgan fingerprint density at radius 2 is 1.43 bits per heavy atom. The minimum atomic E-state index is -0.521. The number of hydrogen-bond acceptors (Lipinski definition) is 4. The van der Waals surface area contributed by atoms with Crippen molar-refractivity contribution in [1.29, 1.82) is 0 Å². The predicted octanol–water partition coefficient (Wildman–Crippen LogP) is 5.79. The minimum Gasteiger partial charge on any atom is -0.372 e. The maximum atomic E-state index is 12.9. The van der Waals surface area contributed by atoms with Gasteiger partial charge in [-0.15, -0.1) is 0 Å². The number of allylic oxidation sites excluding steroid dienone is 2. The lowest BCUT2D eigenvalue weighted by Crippen LogP contribution is -2.32. The number of carbonyl (C=O) groups excluding carboxylic acids is 2. The molecule has 0 unspecified atom stereocenters. The number of hydrogen-bond donors (Lipinski definition) is 2. The van der Waals surface area contributed by atoms with Gasteiger partial charge in [0.1, 0.15) is 5.70 Å². The van der Waals surface area contributed by atoms with Crippen LogP contribution in [0.1, 0.15) is 48.2 Å². The van der Waals surface area contributed by atoms with Gasteiger partial charge < -0.3 is 10.2 Å². The summed E-state index contributed by atoms with van der Waals surface area (Å²) in [6, 6.07) is 26.5. The first-order valence-electron chi connectivity index (χ1n) is 12.6. The Hall–Kier alpha value is -4.45. The van der Waals surface area contributed by atoms with Crippen molar-refractivity contribution in [2.24, 2.45) is 5.10 Å². The molecule has 0 atom stereocenters. The predicted molar refractivity (Wildman–Crippen MR) is 152 cm³/mol. The number of amides is 2. The molecule has 3 rings (SSSR count). The summed E-state index contributed by atoms with van der Waals surface area (Å²) < 4.78 is 0. The lowest BCUT2D eigenvalue weighted by molar-refractivity contribution is -0.117. The highest BCUT2D eigenvalue weighted by atomic mass is 16.2. The molecule has 0 saturated carbocycles. The molecule has 0 aromatic heterocycles. The summed E-state index contributed by atoms with van der Waals surface area (Å²) in [6.07, 6.45) is 8.90. The van der Waals surface area contributed by atoms with Crippen LogP contribution in [0.25, 0.3) is 6.08 Å². The molecule has 2 amide bonds. The highest BCUT2D eigenvalue weighted by Crippen LogP contribution is 2.15. The Bertz CT molecular complexity index is 1210. The van der Waals surface area contributed by atoms with Crippen molar-refractivity contribution in [3.05, 3.63) is 119 Å². The van der Waals surface area contributed by atoms with Crippen molar-refractivity contribution < 1.29 is 9.59 Å². The minimum absolute atomic E-state index is 0.0864. The molecule has 0 radical (unpaired) electrons. The van der Waals surface area contributed by atoms with Gasteiger partial charge >= 0.3 is 0 Å². The third kappa shape index (κ3) is 8.93. The van der Waals surface area contributed by atoms with E-state index in [-0.39, 0.29) is 11.6 Å². The van der Waals surface area contributed by atoms with Crippen LogP contribution in [0, 0.1) is 0 Å². The van der Waals surface area contributed by atoms with Crippen LogP contribution < -0.4 is 15.6 Å². The van der Waals surface area contributed by atoms with E-state index in [1.807, 2.05) is 54.6 Å². The number of benzene rings is 3. The number of carbonyl (C=O) groups is 2. The average molecular weight is 495 g/mol. The van der Waals surface area contributed by atoms with Crippen LogP contribution >= 0.6 is 0 Å². The van der Waals surface area contributed by atoms with Crippen LogP contribution in [0.15, 0.2) is 108 Å². The van der Waals surface area contributed by atoms with Crippen LogP contribution in [-0.4, -0.2) is 31.1 Å². The van der Waals surface area contributed by atoms with Crippen LogP contribution in [0.5, 0.6) is 0 Å². The van der Waals surface area contributed by atoms with Crippen molar-refractivity contribution in [3.8, 4) is 0 Å². The van der Waals surface area contributed by atoms with Gasteiger partial charge in [-0.2, -0.15) is 5.10 Å². The van der Waals surface area contributed by atoms with Gasteiger partial charge in [0.15, 0.2) is 0 Å². The zero-order valence-corrected chi connectivity index (χ0v) is 21.4. The third-order valence-corrected chi connectivity index (χ3v) is 5.50. The molecule has 0 saturated heterocycles. The van der Waals surface area contributed by atoms with Gasteiger partial charge in [-0.05, 0) is 54.3 Å². The molecule has 3 aromatic carbocycles. The van der Waals surface area contributed by atoms with E-state index in [1.165, 1.54) is 5.69 Å². The largest absolute Gasteiger partial charge is 0.372 e. The summed E-state index contributed by atoms with van der Waals surface area (Å²) in [6.45, 7) is 6.38. The number of rotatable bonds is 12. The van der Waals surface area contributed by atoms with Gasteiger partial charge in [0.05, 0.1) is 6.21 Å². The first-order valence-corrected chi connectivity index (χ1v) is 12.6. The van der Waals surface area contributed by atoms with Crippen LogP contribution in [0.4, 0.5) is 5.69 Å². The first kappa shape index (κ1) is 27.1. The monoisotopic (exact) mass is 494 g/mol. The van der Waals surface area contributed by atoms with E-state index in [4.69, 9.17) is 0 Å². The van der Waals surface area contributed by atoms with Crippen molar-refractivity contribution in [2.45, 2.75) is 26.7 Å². The Kier molecular flexibility index (Phi) is 10.9. The molecule has 0 aliphatic rings. The van der Waals surface area contributed by atoms with E-state index >= 15 is 0 Å². The summed E-state index contributed by atoms with van der Waals surface area (Å²) in [5, 5.41) is 6.79. The maximum Gasteiger partial charge on any atom is 0.287 e. The number of hydrazone groups is 1. The molecule has 6 heteroatoms. The smallest absolute Gasteiger partial charge is 0.287 e. The number of anilines is 1. The molecule has 3 aromatic rings. The molecule has 190 valence electrons. The topological polar surface area (TPSA) is 73.8 Å². The second-order valence-corrected chi connectivity index (χ2v) is 8.45. The second kappa shape index (κ2) is 14.8. The number of nitrogens with one attached hydrogen (secondary N) is 2. The summed E-state index contributed by atoms with van der Waals surface area (Å²) in [5.74, 6) is -0.898. The fourth-order valence-corrected chi connectivity index (χ4v) is 3.68. The molecular weight excluding hydrogens is 460 g/mol. The van der Waals surface area contributed by atoms with E-state index in [9.17, 15) is 9.59 Å². The average Bonchev–Trinajstić information content (AvgIpc) is 2.93. The standard InChI is InChI=1S/C31H34N4O2/c1-3-22-35(23-4-2)28-20-18-26(19-21-28)24-32-34-31(37)29(17-11-14-25-12-7-5-8-13-25)33-30(36)27-15-9-6-10-16-27/h5-21,24H,3-4,22-23H2,1-2H3,(H,33,36)(H,34,37). The molecule has 37 heavy (non-hydrogen) atoms. The Morgan fingerprint density at radius 1 is 0.811 bits per heavy atom. The SMILES string of the molecule is CCCN(CCC)c1ccc(C=NNC(=O)C(=CC=Cc2ccccc2)NC(=O)c2ccccc2)cc1. The fraction of sp³-hybridized carbons (Fsp3) is 0.194. The highest BCUT2D eigenvalue weighted by molar-refractivity contribution is 6.03. The number of nitrogens with zero attached hydrogens (tertiary/aromatic N) is 2. The van der Waals surface area contributed by atoms with E-state index in [1.54, 1.807) is 42.6 Å². The van der Waals surface area contributed by atoms with Gasteiger partial charge in [0.2, 0.25) is 0 Å². The van der Waals surface area contributed by atoms with Crippen molar-refractivity contribution in [1.82, 2.24) is 10.7 Å². The molecule has 2 N–H and O–H groups in total. The second-order valence-electron chi connectivity index (χ2n) is 8.45. The maximum absolute atomic E-state index is 12.9. The summed E-state index contributed by atoms with van der Waals surface area (Å²) >= 11 is 0. The Labute approximate surface area is 219 Å². The normalized spacial score (nSPS) is 11.6. The van der Waals surface area contributed by atoms with Gasteiger partial charge in [-0.3, -0.25) is 9.59 Å². The van der Waals surface area contributed by atoms with Gasteiger partial charge in [-0.25, -0.2) is 5.43 Å². The fourth-order valence-electron chi connectivity index (χ4n) is 3.68. The molecule has 0 fully saturated rings. The molecule has 6 nitrogen and oxygen atoms in total. The quantitative estimate of drug-likeness (QED) is 0.145. The Morgan fingerprint density at radius 3 is 2.05 bits per heavy atom. The van der Waals surface area contributed by atoms with Crippen molar-refractivity contribution in [3.63, 3.8) is 0 Å². The van der Waals surface area contributed by atoms with Gasteiger partial charge in [0, 0.05) is 24.3 Å². The van der Waals surface area contributed by atoms with E-state index in [0.717, 1.165) is 37.1 Å². The zero-order chi connectivity index (χ0) is 26.3. The third-order valence-electron chi connectivity index (χ3n) is 5.50. The zero-order valence-electron chi connectivity index (χ0n) is 21.4. The molecule has 0 aliphatic carbocycles. The highest BCUT2D eigenvalue weighted by Gasteiger charge is 2.13. The lowest BCUT2D eigenvalue weighted by atomic mass is 10.2. The lowest BCUT2D eigenvalue weighted by Gasteiger charge is -2.23. The van der Waals surface area contributed by atoms with Gasteiger partial charge in [0.25, 0.3) is 11.8 Å². The Balaban J connectivity index is 1.69.